The molecule has 3 rings (SSSR count). The number of nitrogens with one attached hydrogen (secondary N) is 1. The maximum atomic E-state index is 13.9. The number of amides is 1. The predicted molar refractivity (Wildman–Crippen MR) is 113 cm³/mol. The molecule has 0 saturated carbocycles. The van der Waals surface area contributed by atoms with Crippen LogP contribution < -0.4 is 10.1 Å². The zero-order chi connectivity index (χ0) is 21.7. The van der Waals surface area contributed by atoms with Gasteiger partial charge in [0.05, 0.1) is 25.9 Å². The zero-order valence-electron chi connectivity index (χ0n) is 17.4. The summed E-state index contributed by atoms with van der Waals surface area (Å²) in [5.41, 5.74) is 1.19. The van der Waals surface area contributed by atoms with Crippen LogP contribution in [0.25, 0.3) is 0 Å². The molecule has 0 unspecified atom stereocenters. The quantitative estimate of drug-likeness (QED) is 0.665. The maximum Gasteiger partial charge on any atom is 0.222 e. The van der Waals surface area contributed by atoms with Gasteiger partial charge in [-0.2, -0.15) is 0 Å². The van der Waals surface area contributed by atoms with Gasteiger partial charge in [-0.1, -0.05) is 29.8 Å². The second-order valence-corrected chi connectivity index (χ2v) is 8.26. The van der Waals surface area contributed by atoms with Crippen LogP contribution in [0.4, 0.5) is 4.39 Å². The minimum Gasteiger partial charge on any atom is -0.494 e. The molecule has 1 aliphatic heterocycles. The normalized spacial score (nSPS) is 23.8. The topological polar surface area (TPSA) is 56.8 Å². The van der Waals surface area contributed by atoms with Gasteiger partial charge in [0.15, 0.2) is 11.6 Å². The third kappa shape index (κ3) is 5.50. The lowest BCUT2D eigenvalue weighted by atomic mass is 9.81. The fourth-order valence-corrected chi connectivity index (χ4v) is 4.07. The molecule has 0 spiro atoms. The van der Waals surface area contributed by atoms with Crippen molar-refractivity contribution in [1.82, 2.24) is 5.32 Å². The van der Waals surface area contributed by atoms with Crippen molar-refractivity contribution in [3.63, 3.8) is 0 Å². The maximum absolute atomic E-state index is 13.9. The standard InChI is InChI=1S/C23H27ClFNO4/c1-23(26-22(27)9-10-28-2)13-20(15-5-4-6-17(24)11-15)30-21(14-23)16-7-8-18(25)19(12-16)29-3/h4-8,11-12,20-21H,9-10,13-14H2,1-3H3,(H,26,27)/t20-,21+,23-/m0/s1. The number of halogens is 2. The number of benzene rings is 2. The zero-order valence-corrected chi connectivity index (χ0v) is 18.2. The highest BCUT2D eigenvalue weighted by Gasteiger charge is 2.40. The Morgan fingerprint density at radius 3 is 2.53 bits per heavy atom. The van der Waals surface area contributed by atoms with E-state index in [1.54, 1.807) is 19.2 Å². The highest BCUT2D eigenvalue weighted by atomic mass is 35.5. The molecule has 2 aromatic carbocycles. The number of hydrogen-bond donors (Lipinski definition) is 1. The average Bonchev–Trinajstić information content (AvgIpc) is 2.72. The molecule has 1 aliphatic rings. The van der Waals surface area contributed by atoms with Crippen LogP contribution in [0.3, 0.4) is 0 Å². The van der Waals surface area contributed by atoms with Gasteiger partial charge in [-0.3, -0.25) is 4.79 Å². The van der Waals surface area contributed by atoms with Crippen molar-refractivity contribution in [2.24, 2.45) is 0 Å². The third-order valence-corrected chi connectivity index (χ3v) is 5.58. The summed E-state index contributed by atoms with van der Waals surface area (Å²) in [5, 5.41) is 3.76. The van der Waals surface area contributed by atoms with E-state index in [4.69, 9.17) is 25.8 Å². The molecule has 5 nitrogen and oxygen atoms in total. The van der Waals surface area contributed by atoms with E-state index in [0.29, 0.717) is 24.5 Å². The Morgan fingerprint density at radius 2 is 1.90 bits per heavy atom. The van der Waals surface area contributed by atoms with Gasteiger partial charge in [-0.25, -0.2) is 4.39 Å². The van der Waals surface area contributed by atoms with Crippen LogP contribution in [0.2, 0.25) is 5.02 Å². The Hall–Kier alpha value is -2.15. The fraction of sp³-hybridized carbons (Fsp3) is 0.435. The summed E-state index contributed by atoms with van der Waals surface area (Å²) in [6, 6.07) is 12.2. The van der Waals surface area contributed by atoms with Crippen LogP contribution in [-0.2, 0) is 14.3 Å². The van der Waals surface area contributed by atoms with Crippen LogP contribution in [0.1, 0.15) is 49.5 Å². The minimum absolute atomic E-state index is 0.0819. The van der Waals surface area contributed by atoms with Crippen molar-refractivity contribution in [2.75, 3.05) is 20.8 Å². The molecule has 0 aromatic heterocycles. The summed E-state index contributed by atoms with van der Waals surface area (Å²) in [5.74, 6) is -0.354. The van der Waals surface area contributed by atoms with Gasteiger partial charge < -0.3 is 19.5 Å². The Bertz CT molecular complexity index is 893. The molecular formula is C23H27ClFNO4. The van der Waals surface area contributed by atoms with Crippen LogP contribution >= 0.6 is 11.6 Å². The summed E-state index contributed by atoms with van der Waals surface area (Å²) < 4.78 is 30.5. The molecule has 1 saturated heterocycles. The molecule has 0 aliphatic carbocycles. The Labute approximate surface area is 181 Å². The van der Waals surface area contributed by atoms with Gasteiger partial charge in [-0.15, -0.1) is 0 Å². The number of carbonyl (C=O) groups is 1. The summed E-state index contributed by atoms with van der Waals surface area (Å²) in [6.07, 6.45) is 0.763. The highest BCUT2D eigenvalue weighted by Crippen LogP contribution is 2.44. The molecule has 0 radical (unpaired) electrons. The lowest BCUT2D eigenvalue weighted by Gasteiger charge is -2.43. The molecule has 0 bridgehead atoms. The first-order valence-corrected chi connectivity index (χ1v) is 10.3. The molecule has 30 heavy (non-hydrogen) atoms. The van der Waals surface area contributed by atoms with Crippen molar-refractivity contribution in [3.05, 3.63) is 64.4 Å². The molecule has 162 valence electrons. The smallest absolute Gasteiger partial charge is 0.222 e. The van der Waals surface area contributed by atoms with Crippen molar-refractivity contribution < 1.29 is 23.4 Å². The van der Waals surface area contributed by atoms with E-state index in [1.165, 1.54) is 13.2 Å². The van der Waals surface area contributed by atoms with Crippen molar-refractivity contribution in [3.8, 4) is 5.75 Å². The minimum atomic E-state index is -0.525. The van der Waals surface area contributed by atoms with E-state index in [9.17, 15) is 9.18 Å². The molecule has 1 amide bonds. The Kier molecular flexibility index (Phi) is 7.34. The predicted octanol–water partition coefficient (Wildman–Crippen LogP) is 4.99. The summed E-state index contributed by atoms with van der Waals surface area (Å²) in [6.45, 7) is 2.36. The monoisotopic (exact) mass is 435 g/mol. The van der Waals surface area contributed by atoms with Gasteiger partial charge in [0, 0.05) is 36.9 Å². The molecule has 3 atom stereocenters. The van der Waals surface area contributed by atoms with E-state index < -0.39 is 11.4 Å². The summed E-state index contributed by atoms with van der Waals surface area (Å²) in [7, 11) is 3.00. The molecule has 2 aromatic rings. The van der Waals surface area contributed by atoms with Gasteiger partial charge in [0.2, 0.25) is 5.91 Å². The molecule has 1 heterocycles. The largest absolute Gasteiger partial charge is 0.494 e. The van der Waals surface area contributed by atoms with Crippen molar-refractivity contribution in [1.29, 1.82) is 0 Å². The van der Waals surface area contributed by atoms with E-state index >= 15 is 0 Å². The van der Waals surface area contributed by atoms with Crippen molar-refractivity contribution >= 4 is 17.5 Å². The second kappa shape index (κ2) is 9.77. The number of methoxy groups -OCH3 is 2. The number of carbonyl (C=O) groups excluding carboxylic acids is 1. The van der Waals surface area contributed by atoms with Crippen LogP contribution in [-0.4, -0.2) is 32.3 Å². The first-order chi connectivity index (χ1) is 14.3. The van der Waals surface area contributed by atoms with Gasteiger partial charge in [-0.05, 0) is 42.3 Å². The van der Waals surface area contributed by atoms with E-state index in [0.717, 1.165) is 11.1 Å². The molecule has 1 N–H and O–H groups in total. The Balaban J connectivity index is 1.91. The van der Waals surface area contributed by atoms with E-state index in [2.05, 4.69) is 5.32 Å². The first kappa shape index (κ1) is 22.5. The Morgan fingerprint density at radius 1 is 1.20 bits per heavy atom. The van der Waals surface area contributed by atoms with Gasteiger partial charge in [0.25, 0.3) is 0 Å². The van der Waals surface area contributed by atoms with E-state index in [1.807, 2.05) is 31.2 Å². The van der Waals surface area contributed by atoms with Crippen LogP contribution in [0.5, 0.6) is 5.75 Å². The second-order valence-electron chi connectivity index (χ2n) is 7.82. The lowest BCUT2D eigenvalue weighted by molar-refractivity contribution is -0.129. The number of ether oxygens (including phenoxy) is 3. The SMILES string of the molecule is COCCC(=O)N[C@@]1(C)C[C@@H](c2cccc(Cl)c2)O[C@@H](c2ccc(F)c(OC)c2)C1. The highest BCUT2D eigenvalue weighted by molar-refractivity contribution is 6.30. The van der Waals surface area contributed by atoms with Crippen LogP contribution in [0, 0.1) is 5.82 Å². The van der Waals surface area contributed by atoms with Crippen molar-refractivity contribution in [2.45, 2.75) is 43.9 Å². The molecular weight excluding hydrogens is 409 g/mol. The fourth-order valence-electron chi connectivity index (χ4n) is 3.87. The third-order valence-electron chi connectivity index (χ3n) is 5.34. The summed E-state index contributed by atoms with van der Waals surface area (Å²) >= 11 is 6.19. The average molecular weight is 436 g/mol. The number of hydrogen-bond acceptors (Lipinski definition) is 4. The number of rotatable bonds is 7. The molecule has 1 fully saturated rings. The molecule has 7 heteroatoms. The van der Waals surface area contributed by atoms with Gasteiger partial charge >= 0.3 is 0 Å². The summed E-state index contributed by atoms with van der Waals surface area (Å²) in [4.78, 5) is 12.4. The first-order valence-electron chi connectivity index (χ1n) is 9.88. The lowest BCUT2D eigenvalue weighted by Crippen LogP contribution is -2.51. The van der Waals surface area contributed by atoms with Gasteiger partial charge in [0.1, 0.15) is 0 Å². The van der Waals surface area contributed by atoms with Crippen LogP contribution in [0.15, 0.2) is 42.5 Å². The van der Waals surface area contributed by atoms with E-state index in [-0.39, 0.29) is 30.3 Å².